The lowest BCUT2D eigenvalue weighted by molar-refractivity contribution is 0.0394. The quantitative estimate of drug-likeness (QED) is 0.286. The van der Waals surface area contributed by atoms with Crippen LogP contribution in [0.1, 0.15) is 20.8 Å². The van der Waals surface area contributed by atoms with Gasteiger partial charge in [0.25, 0.3) is 0 Å². The van der Waals surface area contributed by atoms with Crippen molar-refractivity contribution in [3.63, 3.8) is 0 Å². The average Bonchev–Trinajstić information content (AvgIpc) is 2.13. The highest BCUT2D eigenvalue weighted by atomic mass is 31.2. The van der Waals surface area contributed by atoms with Crippen LogP contribution in [0.15, 0.2) is 0 Å². The molecular weight excluding hydrogens is 207 g/mol. The standard InChI is InChI=1S/C8H15O5P/c1-4-7-10-8-13-14(9,11-5-2)12-6-3/h5-6,8H2,1-3H3. The second-order valence-corrected chi connectivity index (χ2v) is 3.70. The average molecular weight is 222 g/mol. The summed E-state index contributed by atoms with van der Waals surface area (Å²) in [7, 11) is -3.45. The molecule has 0 saturated heterocycles. The van der Waals surface area contributed by atoms with Crippen molar-refractivity contribution in [2.24, 2.45) is 0 Å². The highest BCUT2D eigenvalue weighted by molar-refractivity contribution is 7.48. The van der Waals surface area contributed by atoms with Gasteiger partial charge < -0.3 is 4.74 Å². The summed E-state index contributed by atoms with van der Waals surface area (Å²) in [5.41, 5.74) is 0. The lowest BCUT2D eigenvalue weighted by Crippen LogP contribution is -2.02. The van der Waals surface area contributed by atoms with E-state index in [1.165, 1.54) is 0 Å². The molecule has 0 aliphatic rings. The molecule has 0 heterocycles. The minimum atomic E-state index is -3.45. The fourth-order valence-corrected chi connectivity index (χ4v) is 1.66. The van der Waals surface area contributed by atoms with E-state index in [9.17, 15) is 4.57 Å². The van der Waals surface area contributed by atoms with E-state index in [1.807, 2.05) is 0 Å². The van der Waals surface area contributed by atoms with Gasteiger partial charge in [-0.1, -0.05) is 5.92 Å². The van der Waals surface area contributed by atoms with Crippen LogP contribution in [-0.2, 0) is 22.9 Å². The first-order valence-corrected chi connectivity index (χ1v) is 5.71. The van der Waals surface area contributed by atoms with Gasteiger partial charge in [0.15, 0.2) is 0 Å². The maximum absolute atomic E-state index is 11.6. The number of ether oxygens (including phenoxy) is 1. The lowest BCUT2D eigenvalue weighted by Gasteiger charge is -2.14. The zero-order valence-corrected chi connectivity index (χ0v) is 9.50. The van der Waals surface area contributed by atoms with Gasteiger partial charge in [-0.25, -0.2) is 9.09 Å². The number of hydrogen-bond acceptors (Lipinski definition) is 5. The Hall–Kier alpha value is -0.530. The van der Waals surface area contributed by atoms with Gasteiger partial charge in [-0.2, -0.15) is 0 Å². The van der Waals surface area contributed by atoms with Gasteiger partial charge in [0.1, 0.15) is 6.11 Å². The van der Waals surface area contributed by atoms with Crippen molar-refractivity contribution in [3.8, 4) is 12.0 Å². The van der Waals surface area contributed by atoms with Gasteiger partial charge in [-0.3, -0.25) is 9.05 Å². The first-order valence-electron chi connectivity index (χ1n) is 4.25. The third-order valence-corrected chi connectivity index (χ3v) is 2.59. The Labute approximate surface area is 84.3 Å². The molecule has 0 unspecified atom stereocenters. The molecular formula is C8H15O5P. The van der Waals surface area contributed by atoms with Crippen LogP contribution in [0.4, 0.5) is 0 Å². The summed E-state index contributed by atoms with van der Waals surface area (Å²) in [6.45, 7) is 5.26. The Balaban J connectivity index is 3.93. The number of rotatable bonds is 7. The monoisotopic (exact) mass is 222 g/mol. The van der Waals surface area contributed by atoms with Crippen LogP contribution in [0.5, 0.6) is 0 Å². The van der Waals surface area contributed by atoms with Gasteiger partial charge in [0.05, 0.1) is 13.2 Å². The number of phosphoric acid groups is 1. The normalized spacial score (nSPS) is 10.5. The Morgan fingerprint density at radius 1 is 1.14 bits per heavy atom. The Morgan fingerprint density at radius 2 is 1.71 bits per heavy atom. The second kappa shape index (κ2) is 7.84. The molecule has 0 rings (SSSR count). The predicted molar refractivity (Wildman–Crippen MR) is 51.3 cm³/mol. The summed E-state index contributed by atoms with van der Waals surface area (Å²) in [6, 6.07) is 0. The third-order valence-electron chi connectivity index (χ3n) is 1.02. The van der Waals surface area contributed by atoms with Gasteiger partial charge in [0, 0.05) is 6.92 Å². The fourth-order valence-electron chi connectivity index (χ4n) is 0.621. The van der Waals surface area contributed by atoms with Crippen molar-refractivity contribution in [1.29, 1.82) is 0 Å². The molecule has 0 aliphatic carbocycles. The van der Waals surface area contributed by atoms with E-state index in [4.69, 9.17) is 13.6 Å². The van der Waals surface area contributed by atoms with Crippen LogP contribution in [0.2, 0.25) is 0 Å². The number of hydrogen-bond donors (Lipinski definition) is 0. The molecule has 82 valence electrons. The number of phosphoric ester groups is 1. The van der Waals surface area contributed by atoms with Crippen LogP contribution in [0.3, 0.4) is 0 Å². The highest BCUT2D eigenvalue weighted by Gasteiger charge is 2.25. The van der Waals surface area contributed by atoms with Crippen molar-refractivity contribution >= 4 is 7.82 Å². The topological polar surface area (TPSA) is 54.0 Å². The van der Waals surface area contributed by atoms with Crippen molar-refractivity contribution in [2.75, 3.05) is 20.0 Å². The summed E-state index contributed by atoms with van der Waals surface area (Å²) >= 11 is 0. The maximum Gasteiger partial charge on any atom is 0.477 e. The van der Waals surface area contributed by atoms with Gasteiger partial charge >= 0.3 is 7.82 Å². The van der Waals surface area contributed by atoms with Crippen molar-refractivity contribution in [3.05, 3.63) is 0 Å². The predicted octanol–water partition coefficient (Wildman–Crippen LogP) is 2.14. The molecule has 6 heteroatoms. The summed E-state index contributed by atoms with van der Waals surface area (Å²) < 4.78 is 30.7. The Morgan fingerprint density at radius 3 is 2.14 bits per heavy atom. The van der Waals surface area contributed by atoms with E-state index in [2.05, 4.69) is 16.8 Å². The van der Waals surface area contributed by atoms with E-state index in [0.717, 1.165) is 0 Å². The van der Waals surface area contributed by atoms with Crippen molar-refractivity contribution < 1.29 is 22.9 Å². The minimum absolute atomic E-state index is 0.238. The zero-order chi connectivity index (χ0) is 10.9. The fraction of sp³-hybridized carbons (Fsp3) is 0.750. The molecule has 0 aromatic rings. The van der Waals surface area contributed by atoms with Gasteiger partial charge in [0.2, 0.25) is 6.79 Å². The lowest BCUT2D eigenvalue weighted by atomic mass is 10.8. The second-order valence-electron chi connectivity index (χ2n) is 2.03. The minimum Gasteiger partial charge on any atom is -0.417 e. The van der Waals surface area contributed by atoms with E-state index >= 15 is 0 Å². The first kappa shape index (κ1) is 13.5. The maximum atomic E-state index is 11.6. The molecule has 5 nitrogen and oxygen atoms in total. The summed E-state index contributed by atoms with van der Waals surface area (Å²) in [5, 5.41) is 0. The molecule has 0 bridgehead atoms. The van der Waals surface area contributed by atoms with Crippen LogP contribution in [-0.4, -0.2) is 20.0 Å². The van der Waals surface area contributed by atoms with E-state index in [1.54, 1.807) is 20.8 Å². The van der Waals surface area contributed by atoms with E-state index < -0.39 is 7.82 Å². The zero-order valence-electron chi connectivity index (χ0n) is 8.61. The molecule has 0 aromatic heterocycles. The van der Waals surface area contributed by atoms with Crippen LogP contribution >= 0.6 is 7.82 Å². The molecule has 0 atom stereocenters. The van der Waals surface area contributed by atoms with Crippen LogP contribution < -0.4 is 0 Å². The smallest absolute Gasteiger partial charge is 0.417 e. The van der Waals surface area contributed by atoms with Crippen LogP contribution in [0, 0.1) is 12.0 Å². The van der Waals surface area contributed by atoms with Gasteiger partial charge in [-0.05, 0) is 13.8 Å². The van der Waals surface area contributed by atoms with Crippen molar-refractivity contribution in [1.82, 2.24) is 0 Å². The molecule has 0 saturated carbocycles. The molecule has 0 radical (unpaired) electrons. The highest BCUT2D eigenvalue weighted by Crippen LogP contribution is 2.48. The van der Waals surface area contributed by atoms with E-state index in [0.29, 0.717) is 0 Å². The largest absolute Gasteiger partial charge is 0.477 e. The SMILES string of the molecule is CC#COCOP(=O)(OCC)OCC. The van der Waals surface area contributed by atoms with Gasteiger partial charge in [-0.15, -0.1) is 0 Å². The molecule has 0 spiro atoms. The molecule has 0 amide bonds. The molecule has 0 aromatic carbocycles. The Kier molecular flexibility index (Phi) is 7.54. The Bertz CT molecular complexity index is 232. The summed E-state index contributed by atoms with van der Waals surface area (Å²) in [4.78, 5) is 0. The van der Waals surface area contributed by atoms with E-state index in [-0.39, 0.29) is 20.0 Å². The van der Waals surface area contributed by atoms with Crippen molar-refractivity contribution in [2.45, 2.75) is 20.8 Å². The summed E-state index contributed by atoms with van der Waals surface area (Å²) in [5.74, 6) is 2.49. The van der Waals surface area contributed by atoms with Crippen LogP contribution in [0.25, 0.3) is 0 Å². The summed E-state index contributed by atoms with van der Waals surface area (Å²) in [6.07, 6.45) is 2.30. The third kappa shape index (κ3) is 6.01. The molecule has 14 heavy (non-hydrogen) atoms. The first-order chi connectivity index (χ1) is 6.68. The molecule has 0 fully saturated rings. The molecule has 0 aliphatic heterocycles. The molecule has 0 N–H and O–H groups in total.